The third kappa shape index (κ3) is 4.05. The highest BCUT2D eigenvalue weighted by molar-refractivity contribution is 5.28. The molecule has 0 aliphatic heterocycles. The lowest BCUT2D eigenvalue weighted by Gasteiger charge is -2.23. The fourth-order valence-corrected chi connectivity index (χ4v) is 3.20. The zero-order valence-corrected chi connectivity index (χ0v) is 12.3. The zero-order chi connectivity index (χ0) is 13.5. The van der Waals surface area contributed by atoms with Crippen molar-refractivity contribution in [3.63, 3.8) is 0 Å². The van der Waals surface area contributed by atoms with Crippen molar-refractivity contribution in [3.05, 3.63) is 35.4 Å². The third-order valence-corrected chi connectivity index (χ3v) is 4.30. The van der Waals surface area contributed by atoms with Gasteiger partial charge >= 0.3 is 0 Å². The van der Waals surface area contributed by atoms with E-state index in [1.165, 1.54) is 43.2 Å². The molecule has 1 atom stereocenters. The summed E-state index contributed by atoms with van der Waals surface area (Å²) in [5.41, 5.74) is 2.92. The van der Waals surface area contributed by atoms with Gasteiger partial charge in [-0.15, -0.1) is 0 Å². The van der Waals surface area contributed by atoms with Crippen molar-refractivity contribution >= 4 is 0 Å². The van der Waals surface area contributed by atoms with Crippen LogP contribution in [0.15, 0.2) is 24.3 Å². The Kier molecular flexibility index (Phi) is 5.87. The van der Waals surface area contributed by atoms with Gasteiger partial charge in [-0.05, 0) is 36.9 Å². The first-order chi connectivity index (χ1) is 9.35. The second-order valence-electron chi connectivity index (χ2n) is 5.71. The van der Waals surface area contributed by atoms with Gasteiger partial charge < -0.3 is 10.1 Å². The molecule has 0 saturated heterocycles. The maximum absolute atomic E-state index is 5.32. The molecule has 2 heteroatoms. The molecule has 106 valence electrons. The van der Waals surface area contributed by atoms with Gasteiger partial charge in [-0.25, -0.2) is 0 Å². The van der Waals surface area contributed by atoms with Gasteiger partial charge in [0.15, 0.2) is 0 Å². The van der Waals surface area contributed by atoms with Gasteiger partial charge in [0.2, 0.25) is 0 Å². The molecular weight excluding hydrogens is 234 g/mol. The van der Waals surface area contributed by atoms with Crippen molar-refractivity contribution in [2.45, 2.75) is 43.9 Å². The normalized spacial score (nSPS) is 18.4. The second kappa shape index (κ2) is 7.66. The Balaban J connectivity index is 2.03. The molecule has 2 rings (SSSR count). The molecule has 0 amide bonds. The summed E-state index contributed by atoms with van der Waals surface area (Å²) in [6, 6.07) is 9.27. The van der Waals surface area contributed by atoms with Crippen LogP contribution in [0.2, 0.25) is 0 Å². The van der Waals surface area contributed by atoms with E-state index in [9.17, 15) is 0 Å². The molecule has 0 spiro atoms. The average molecular weight is 261 g/mol. The summed E-state index contributed by atoms with van der Waals surface area (Å²) in [5.74, 6) is 1.25. The summed E-state index contributed by atoms with van der Waals surface area (Å²) in [6.45, 7) is 1.75. The molecule has 1 fully saturated rings. The highest BCUT2D eigenvalue weighted by atomic mass is 16.5. The van der Waals surface area contributed by atoms with Crippen molar-refractivity contribution in [1.29, 1.82) is 0 Å². The fraction of sp³-hybridized carbons (Fsp3) is 0.647. The Morgan fingerprint density at radius 2 is 1.84 bits per heavy atom. The first-order valence-corrected chi connectivity index (χ1v) is 7.58. The van der Waals surface area contributed by atoms with E-state index in [1.54, 1.807) is 7.11 Å². The maximum Gasteiger partial charge on any atom is 0.0543 e. The molecule has 1 aromatic carbocycles. The van der Waals surface area contributed by atoms with Gasteiger partial charge in [-0.1, -0.05) is 43.5 Å². The molecule has 0 heterocycles. The summed E-state index contributed by atoms with van der Waals surface area (Å²) in [7, 11) is 3.78. The van der Waals surface area contributed by atoms with Gasteiger partial charge in [0, 0.05) is 19.6 Å². The number of likely N-dealkylation sites (N-methyl/N-ethyl adjacent to an activating group) is 1. The number of hydrogen-bond donors (Lipinski definition) is 1. The van der Waals surface area contributed by atoms with Crippen molar-refractivity contribution in [3.8, 4) is 0 Å². The minimum atomic E-state index is 0.454. The van der Waals surface area contributed by atoms with Crippen LogP contribution in [0.3, 0.4) is 0 Å². The van der Waals surface area contributed by atoms with Crippen LogP contribution in [-0.2, 0) is 4.74 Å². The standard InChI is InChI=1S/C17H27NO/c1-18-12-17(13-19-2)16-10-8-15(9-11-16)14-6-4-3-5-7-14/h8-11,14,17-18H,3-7,12-13H2,1-2H3. The number of rotatable bonds is 6. The number of nitrogens with one attached hydrogen (secondary N) is 1. The van der Waals surface area contributed by atoms with Crippen LogP contribution in [0.4, 0.5) is 0 Å². The number of hydrogen-bond acceptors (Lipinski definition) is 2. The molecular formula is C17H27NO. The molecule has 0 aromatic heterocycles. The molecule has 2 nitrogen and oxygen atoms in total. The number of benzene rings is 1. The predicted octanol–water partition coefficient (Wildman–Crippen LogP) is 3.68. The van der Waals surface area contributed by atoms with Crippen LogP contribution in [0, 0.1) is 0 Å². The minimum Gasteiger partial charge on any atom is -0.384 e. The lowest BCUT2D eigenvalue weighted by molar-refractivity contribution is 0.178. The van der Waals surface area contributed by atoms with Gasteiger partial charge in [-0.3, -0.25) is 0 Å². The van der Waals surface area contributed by atoms with Crippen LogP contribution in [0.25, 0.3) is 0 Å². The van der Waals surface area contributed by atoms with Gasteiger partial charge in [-0.2, -0.15) is 0 Å². The van der Waals surface area contributed by atoms with Crippen LogP contribution >= 0.6 is 0 Å². The van der Waals surface area contributed by atoms with Gasteiger partial charge in [0.25, 0.3) is 0 Å². The van der Waals surface area contributed by atoms with Gasteiger partial charge in [0.05, 0.1) is 6.61 Å². The molecule has 19 heavy (non-hydrogen) atoms. The highest BCUT2D eigenvalue weighted by Gasteiger charge is 2.16. The molecule has 1 aromatic rings. The SMILES string of the molecule is CNCC(COC)c1ccc(C2CCCCC2)cc1. The summed E-state index contributed by atoms with van der Waals surface area (Å²) in [6.07, 6.45) is 6.97. The zero-order valence-electron chi connectivity index (χ0n) is 12.3. The summed E-state index contributed by atoms with van der Waals surface area (Å²) in [4.78, 5) is 0. The molecule has 1 aliphatic carbocycles. The smallest absolute Gasteiger partial charge is 0.0543 e. The first kappa shape index (κ1) is 14.5. The average Bonchev–Trinajstić information content (AvgIpc) is 2.48. The monoisotopic (exact) mass is 261 g/mol. The maximum atomic E-state index is 5.32. The van der Waals surface area contributed by atoms with Crippen molar-refractivity contribution in [2.24, 2.45) is 0 Å². The molecule has 1 unspecified atom stereocenters. The highest BCUT2D eigenvalue weighted by Crippen LogP contribution is 2.33. The number of methoxy groups -OCH3 is 1. The van der Waals surface area contributed by atoms with Crippen LogP contribution in [0.5, 0.6) is 0 Å². The Bertz CT molecular complexity index is 348. The van der Waals surface area contributed by atoms with E-state index in [0.29, 0.717) is 5.92 Å². The third-order valence-electron chi connectivity index (χ3n) is 4.30. The topological polar surface area (TPSA) is 21.3 Å². The second-order valence-corrected chi connectivity index (χ2v) is 5.71. The van der Waals surface area contributed by atoms with E-state index < -0.39 is 0 Å². The lowest BCUT2D eigenvalue weighted by atomic mass is 9.83. The minimum absolute atomic E-state index is 0.454. The Hall–Kier alpha value is -0.860. The number of ether oxygens (including phenoxy) is 1. The van der Waals surface area contributed by atoms with E-state index in [1.807, 2.05) is 7.05 Å². The largest absolute Gasteiger partial charge is 0.384 e. The Morgan fingerprint density at radius 3 is 2.42 bits per heavy atom. The van der Waals surface area contributed by atoms with Crippen molar-refractivity contribution in [1.82, 2.24) is 5.32 Å². The van der Waals surface area contributed by atoms with Crippen LogP contribution in [-0.4, -0.2) is 27.3 Å². The summed E-state index contributed by atoms with van der Waals surface area (Å²) < 4.78 is 5.32. The Morgan fingerprint density at radius 1 is 1.16 bits per heavy atom. The molecule has 0 bridgehead atoms. The first-order valence-electron chi connectivity index (χ1n) is 7.58. The Labute approximate surface area is 117 Å². The van der Waals surface area contributed by atoms with E-state index in [4.69, 9.17) is 4.74 Å². The van der Waals surface area contributed by atoms with Crippen molar-refractivity contribution in [2.75, 3.05) is 27.3 Å². The van der Waals surface area contributed by atoms with E-state index in [-0.39, 0.29) is 0 Å². The molecule has 0 radical (unpaired) electrons. The molecule has 1 aliphatic rings. The van der Waals surface area contributed by atoms with Crippen LogP contribution in [0.1, 0.15) is 55.1 Å². The van der Waals surface area contributed by atoms with E-state index >= 15 is 0 Å². The summed E-state index contributed by atoms with van der Waals surface area (Å²) >= 11 is 0. The molecule has 1 N–H and O–H groups in total. The van der Waals surface area contributed by atoms with E-state index in [2.05, 4.69) is 29.6 Å². The predicted molar refractivity (Wildman–Crippen MR) is 80.8 cm³/mol. The van der Waals surface area contributed by atoms with Gasteiger partial charge in [0.1, 0.15) is 0 Å². The molecule has 1 saturated carbocycles. The van der Waals surface area contributed by atoms with E-state index in [0.717, 1.165) is 19.1 Å². The van der Waals surface area contributed by atoms with Crippen LogP contribution < -0.4 is 5.32 Å². The summed E-state index contributed by atoms with van der Waals surface area (Å²) in [5, 5.41) is 3.25. The van der Waals surface area contributed by atoms with Crippen molar-refractivity contribution < 1.29 is 4.74 Å². The lowest BCUT2D eigenvalue weighted by Crippen LogP contribution is -2.21. The quantitative estimate of drug-likeness (QED) is 0.843. The fourth-order valence-electron chi connectivity index (χ4n) is 3.20.